The number of carbonyl (C=O) groups is 1. The lowest BCUT2D eigenvalue weighted by atomic mass is 9.99. The van der Waals surface area contributed by atoms with Crippen molar-refractivity contribution < 1.29 is 9.53 Å². The van der Waals surface area contributed by atoms with Gasteiger partial charge < -0.3 is 4.74 Å². The van der Waals surface area contributed by atoms with Crippen LogP contribution in [0.5, 0.6) is 5.75 Å². The highest BCUT2D eigenvalue weighted by Crippen LogP contribution is 2.19. The van der Waals surface area contributed by atoms with Gasteiger partial charge in [0.2, 0.25) is 0 Å². The maximum atomic E-state index is 12.3. The standard InChI is InChI=1S/C16H15BrO2/c1-11-9-14(19-2)7-8-15(11)16(18)10-12-3-5-13(17)6-4-12/h3-9H,10H2,1-2H3. The van der Waals surface area contributed by atoms with E-state index in [4.69, 9.17) is 4.74 Å². The van der Waals surface area contributed by atoms with E-state index < -0.39 is 0 Å². The van der Waals surface area contributed by atoms with E-state index in [1.807, 2.05) is 49.4 Å². The number of ketones is 1. The fraction of sp³-hybridized carbons (Fsp3) is 0.188. The number of Topliss-reactive ketones (excluding diaryl/α,β-unsaturated/α-hetero) is 1. The molecule has 0 aromatic heterocycles. The summed E-state index contributed by atoms with van der Waals surface area (Å²) in [6.45, 7) is 1.93. The summed E-state index contributed by atoms with van der Waals surface area (Å²) in [6, 6.07) is 13.3. The van der Waals surface area contributed by atoms with E-state index in [1.54, 1.807) is 7.11 Å². The Hall–Kier alpha value is -1.61. The Balaban J connectivity index is 2.18. The summed E-state index contributed by atoms with van der Waals surface area (Å²) < 4.78 is 6.16. The summed E-state index contributed by atoms with van der Waals surface area (Å²) in [4.78, 5) is 12.3. The molecule has 0 aliphatic heterocycles. The second-order valence-electron chi connectivity index (χ2n) is 4.41. The van der Waals surface area contributed by atoms with E-state index in [0.717, 1.165) is 26.9 Å². The summed E-state index contributed by atoms with van der Waals surface area (Å²) in [7, 11) is 1.62. The van der Waals surface area contributed by atoms with Crippen LogP contribution in [0.1, 0.15) is 21.5 Å². The minimum atomic E-state index is 0.127. The Morgan fingerprint density at radius 1 is 1.16 bits per heavy atom. The summed E-state index contributed by atoms with van der Waals surface area (Å²) in [5, 5.41) is 0. The van der Waals surface area contributed by atoms with Gasteiger partial charge in [0.25, 0.3) is 0 Å². The summed E-state index contributed by atoms with van der Waals surface area (Å²) in [5.74, 6) is 0.903. The molecule has 0 heterocycles. The van der Waals surface area contributed by atoms with E-state index in [0.29, 0.717) is 6.42 Å². The number of hydrogen-bond acceptors (Lipinski definition) is 2. The van der Waals surface area contributed by atoms with Gasteiger partial charge in [0.05, 0.1) is 7.11 Å². The lowest BCUT2D eigenvalue weighted by Crippen LogP contribution is -2.05. The lowest BCUT2D eigenvalue weighted by molar-refractivity contribution is 0.0992. The van der Waals surface area contributed by atoms with Crippen LogP contribution in [0.25, 0.3) is 0 Å². The molecule has 0 N–H and O–H groups in total. The van der Waals surface area contributed by atoms with E-state index in [9.17, 15) is 4.79 Å². The third kappa shape index (κ3) is 3.44. The van der Waals surface area contributed by atoms with Crippen molar-refractivity contribution in [2.45, 2.75) is 13.3 Å². The quantitative estimate of drug-likeness (QED) is 0.790. The molecule has 2 aromatic rings. The Morgan fingerprint density at radius 3 is 2.42 bits per heavy atom. The molecule has 0 spiro atoms. The first-order chi connectivity index (χ1) is 9.10. The van der Waals surface area contributed by atoms with Gasteiger partial charge in [-0.1, -0.05) is 28.1 Å². The van der Waals surface area contributed by atoms with Crippen molar-refractivity contribution in [3.63, 3.8) is 0 Å². The molecule has 2 rings (SSSR count). The second-order valence-corrected chi connectivity index (χ2v) is 5.32. The minimum absolute atomic E-state index is 0.127. The molecule has 98 valence electrons. The molecule has 0 radical (unpaired) electrons. The maximum absolute atomic E-state index is 12.3. The molecule has 3 heteroatoms. The topological polar surface area (TPSA) is 26.3 Å². The Kier molecular flexibility index (Phi) is 4.38. The number of rotatable bonds is 4. The molecule has 2 aromatic carbocycles. The average Bonchev–Trinajstić information content (AvgIpc) is 2.41. The van der Waals surface area contributed by atoms with Crippen LogP contribution < -0.4 is 4.74 Å². The molecule has 0 aliphatic rings. The van der Waals surface area contributed by atoms with Gasteiger partial charge in [0.1, 0.15) is 5.75 Å². The van der Waals surface area contributed by atoms with Crippen molar-refractivity contribution in [3.05, 3.63) is 63.6 Å². The number of benzene rings is 2. The number of hydrogen-bond donors (Lipinski definition) is 0. The fourth-order valence-electron chi connectivity index (χ4n) is 1.96. The Labute approximate surface area is 121 Å². The van der Waals surface area contributed by atoms with Crippen LogP contribution in [0.4, 0.5) is 0 Å². The van der Waals surface area contributed by atoms with Crippen molar-refractivity contribution in [2.75, 3.05) is 7.11 Å². The van der Waals surface area contributed by atoms with Crippen LogP contribution in [0.15, 0.2) is 46.9 Å². The first-order valence-electron chi connectivity index (χ1n) is 6.02. The third-order valence-electron chi connectivity index (χ3n) is 3.01. The van der Waals surface area contributed by atoms with Crippen molar-refractivity contribution in [2.24, 2.45) is 0 Å². The largest absolute Gasteiger partial charge is 0.497 e. The molecular weight excluding hydrogens is 304 g/mol. The monoisotopic (exact) mass is 318 g/mol. The van der Waals surface area contributed by atoms with E-state index in [-0.39, 0.29) is 5.78 Å². The Morgan fingerprint density at radius 2 is 1.84 bits per heavy atom. The van der Waals surface area contributed by atoms with Crippen molar-refractivity contribution in [1.29, 1.82) is 0 Å². The first-order valence-corrected chi connectivity index (χ1v) is 6.81. The highest BCUT2D eigenvalue weighted by atomic mass is 79.9. The van der Waals surface area contributed by atoms with Crippen LogP contribution in [0, 0.1) is 6.92 Å². The normalized spacial score (nSPS) is 10.3. The number of carbonyl (C=O) groups excluding carboxylic acids is 1. The zero-order chi connectivity index (χ0) is 13.8. The Bertz CT molecular complexity index is 588. The van der Waals surface area contributed by atoms with Gasteiger partial charge >= 0.3 is 0 Å². The number of ether oxygens (including phenoxy) is 1. The van der Waals surface area contributed by atoms with Crippen LogP contribution >= 0.6 is 15.9 Å². The number of halogens is 1. The van der Waals surface area contributed by atoms with Gasteiger partial charge in [-0.05, 0) is 48.4 Å². The molecule has 0 fully saturated rings. The molecular formula is C16H15BrO2. The molecule has 0 atom stereocenters. The zero-order valence-electron chi connectivity index (χ0n) is 10.9. The molecule has 2 nitrogen and oxygen atoms in total. The predicted octanol–water partition coefficient (Wildman–Crippen LogP) is 4.19. The maximum Gasteiger partial charge on any atom is 0.167 e. The fourth-order valence-corrected chi connectivity index (χ4v) is 2.22. The van der Waals surface area contributed by atoms with E-state index in [2.05, 4.69) is 15.9 Å². The molecule has 19 heavy (non-hydrogen) atoms. The van der Waals surface area contributed by atoms with Crippen LogP contribution in [0.2, 0.25) is 0 Å². The minimum Gasteiger partial charge on any atom is -0.497 e. The van der Waals surface area contributed by atoms with Crippen molar-refractivity contribution in [1.82, 2.24) is 0 Å². The van der Waals surface area contributed by atoms with E-state index >= 15 is 0 Å². The van der Waals surface area contributed by atoms with Crippen molar-refractivity contribution >= 4 is 21.7 Å². The lowest BCUT2D eigenvalue weighted by Gasteiger charge is -2.07. The van der Waals surface area contributed by atoms with Gasteiger partial charge in [0.15, 0.2) is 5.78 Å². The zero-order valence-corrected chi connectivity index (χ0v) is 12.5. The molecule has 0 amide bonds. The number of methoxy groups -OCH3 is 1. The molecule has 0 saturated carbocycles. The highest BCUT2D eigenvalue weighted by Gasteiger charge is 2.10. The van der Waals surface area contributed by atoms with Crippen LogP contribution in [0.3, 0.4) is 0 Å². The smallest absolute Gasteiger partial charge is 0.167 e. The molecule has 0 aliphatic carbocycles. The van der Waals surface area contributed by atoms with Gasteiger partial charge in [0, 0.05) is 16.5 Å². The number of aryl methyl sites for hydroxylation is 1. The van der Waals surface area contributed by atoms with Crippen LogP contribution in [-0.4, -0.2) is 12.9 Å². The van der Waals surface area contributed by atoms with Gasteiger partial charge in [-0.2, -0.15) is 0 Å². The summed E-state index contributed by atoms with van der Waals surface area (Å²) >= 11 is 3.39. The molecule has 0 saturated heterocycles. The average molecular weight is 319 g/mol. The van der Waals surface area contributed by atoms with Gasteiger partial charge in [-0.3, -0.25) is 4.79 Å². The summed E-state index contributed by atoms with van der Waals surface area (Å²) in [6.07, 6.45) is 0.417. The first kappa shape index (κ1) is 13.8. The third-order valence-corrected chi connectivity index (χ3v) is 3.54. The van der Waals surface area contributed by atoms with Gasteiger partial charge in [-0.15, -0.1) is 0 Å². The molecule has 0 bridgehead atoms. The highest BCUT2D eigenvalue weighted by molar-refractivity contribution is 9.10. The van der Waals surface area contributed by atoms with Crippen LogP contribution in [-0.2, 0) is 6.42 Å². The SMILES string of the molecule is COc1ccc(C(=O)Cc2ccc(Br)cc2)c(C)c1. The predicted molar refractivity (Wildman–Crippen MR) is 79.9 cm³/mol. The van der Waals surface area contributed by atoms with E-state index in [1.165, 1.54) is 0 Å². The van der Waals surface area contributed by atoms with Crippen molar-refractivity contribution in [3.8, 4) is 5.75 Å². The summed E-state index contributed by atoms with van der Waals surface area (Å²) in [5.41, 5.74) is 2.72. The molecule has 0 unspecified atom stereocenters. The van der Waals surface area contributed by atoms with Gasteiger partial charge in [-0.25, -0.2) is 0 Å². The second kappa shape index (κ2) is 6.02.